The van der Waals surface area contributed by atoms with E-state index in [4.69, 9.17) is 0 Å². The Kier molecular flexibility index (Phi) is 5.66. The Hall–Kier alpha value is -2.02. The van der Waals surface area contributed by atoms with Crippen LogP contribution < -0.4 is 5.32 Å². The summed E-state index contributed by atoms with van der Waals surface area (Å²) in [5.41, 5.74) is -7.85. The van der Waals surface area contributed by atoms with Gasteiger partial charge in [-0.1, -0.05) is 0 Å². The molecule has 1 aromatic carbocycles. The van der Waals surface area contributed by atoms with Crippen LogP contribution in [-0.2, 0) is 36.8 Å². The van der Waals surface area contributed by atoms with Crippen molar-refractivity contribution in [2.24, 2.45) is 0 Å². The van der Waals surface area contributed by atoms with Crippen LogP contribution in [0.1, 0.15) is 27.4 Å². The summed E-state index contributed by atoms with van der Waals surface area (Å²) < 4.78 is 117. The van der Waals surface area contributed by atoms with Crippen LogP contribution in [0.15, 0.2) is 17.5 Å². The highest BCUT2D eigenvalue weighted by Gasteiger charge is 2.44. The lowest BCUT2D eigenvalue weighted by Crippen LogP contribution is -2.20. The number of anilines is 1. The van der Waals surface area contributed by atoms with Crippen molar-refractivity contribution in [2.45, 2.75) is 31.7 Å². The van der Waals surface area contributed by atoms with E-state index in [0.29, 0.717) is 0 Å². The molecule has 0 atom stereocenters. The molecule has 0 saturated heterocycles. The Morgan fingerprint density at radius 2 is 1.41 bits per heavy atom. The van der Waals surface area contributed by atoms with Gasteiger partial charge in [0.05, 0.1) is 34.6 Å². The first kappa shape index (κ1) is 21.3. The average molecular weight is 423 g/mol. The molecule has 0 aliphatic carbocycles. The molecule has 1 N–H and O–H groups in total. The van der Waals surface area contributed by atoms with Gasteiger partial charge in [-0.15, -0.1) is 11.3 Å². The summed E-state index contributed by atoms with van der Waals surface area (Å²) in [7, 11) is 0. The van der Waals surface area contributed by atoms with E-state index in [1.54, 1.807) is 0 Å². The average Bonchev–Trinajstić information content (AvgIpc) is 2.97. The number of nitrogens with zero attached hydrogens (tertiary/aromatic N) is 1. The molecule has 2 rings (SSSR count). The molecule has 3 nitrogen and oxygen atoms in total. The summed E-state index contributed by atoms with van der Waals surface area (Å²) in [6.45, 7) is -1.37. The van der Waals surface area contributed by atoms with Gasteiger partial charge in [0.1, 0.15) is 11.6 Å². The molecule has 0 amide bonds. The third kappa shape index (κ3) is 5.03. The van der Waals surface area contributed by atoms with Gasteiger partial charge in [-0.05, 0) is 12.1 Å². The number of alkyl halides is 9. The van der Waals surface area contributed by atoms with Gasteiger partial charge in [-0.25, -0.2) is 10.1 Å². The van der Waals surface area contributed by atoms with Gasteiger partial charge in [-0.2, -0.15) is 39.5 Å². The predicted octanol–water partition coefficient (Wildman–Crippen LogP) is 5.74. The van der Waals surface area contributed by atoms with Crippen LogP contribution in [0.4, 0.5) is 45.2 Å². The van der Waals surface area contributed by atoms with Crippen LogP contribution in [-0.4, -0.2) is 4.98 Å². The van der Waals surface area contributed by atoms with Crippen LogP contribution in [0.25, 0.3) is 0 Å². The minimum atomic E-state index is -5.48. The molecule has 1 aromatic heterocycles. The van der Waals surface area contributed by atoms with Crippen LogP contribution >= 0.6 is 11.3 Å². The molecule has 27 heavy (non-hydrogen) atoms. The van der Waals surface area contributed by atoms with Gasteiger partial charge in [-0.3, -0.25) is 0 Å². The molecule has 0 unspecified atom stereocenters. The Bertz CT molecular complexity index is 773. The largest absolute Gasteiger partial charge is 0.418 e. The molecular weight excluding hydrogens is 415 g/mol. The smallest absolute Gasteiger partial charge is 0.378 e. The van der Waals surface area contributed by atoms with Crippen LogP contribution in [0.5, 0.6) is 0 Å². The highest BCUT2D eigenvalue weighted by Crippen LogP contribution is 2.46. The number of rotatable bonds is 4. The number of hydrogen-bond donors (Lipinski definition) is 1. The Morgan fingerprint density at radius 1 is 0.889 bits per heavy atom. The van der Waals surface area contributed by atoms with Crippen molar-refractivity contribution in [3.8, 4) is 0 Å². The monoisotopic (exact) mass is 423 g/mol. The fourth-order valence-corrected chi connectivity index (χ4v) is 2.76. The number of benzene rings is 1. The first-order valence-electron chi connectivity index (χ1n) is 6.88. The SMILES string of the molecule is [O]Cc1nc(CNc2c(C(F)(F)F)cc(C(F)(F)F)cc2C(F)(F)F)cs1. The lowest BCUT2D eigenvalue weighted by atomic mass is 10.0. The maximum atomic E-state index is 13.1. The minimum absolute atomic E-state index is 0.0213. The van der Waals surface area contributed by atoms with Crippen molar-refractivity contribution < 1.29 is 44.6 Å². The van der Waals surface area contributed by atoms with Crippen LogP contribution in [0, 0.1) is 0 Å². The Morgan fingerprint density at radius 3 is 1.78 bits per heavy atom. The molecule has 13 heteroatoms. The van der Waals surface area contributed by atoms with Crippen molar-refractivity contribution in [1.29, 1.82) is 0 Å². The van der Waals surface area contributed by atoms with Gasteiger partial charge in [0, 0.05) is 5.38 Å². The summed E-state index contributed by atoms with van der Waals surface area (Å²) in [6, 6.07) is -0.774. The molecule has 0 spiro atoms. The normalized spacial score (nSPS) is 13.1. The number of thiazole rings is 1. The van der Waals surface area contributed by atoms with E-state index in [1.807, 2.05) is 5.32 Å². The fourth-order valence-electron chi connectivity index (χ4n) is 2.12. The third-order valence-corrected chi connectivity index (χ3v) is 4.12. The predicted molar refractivity (Wildman–Crippen MR) is 75.3 cm³/mol. The fraction of sp³-hybridized carbons (Fsp3) is 0.357. The zero-order valence-electron chi connectivity index (χ0n) is 12.8. The molecule has 0 fully saturated rings. The number of halogens is 9. The standard InChI is InChI=1S/C14H8F9N2OS/c15-12(16,17)6-1-8(13(18,19)20)11(9(2-6)14(21,22)23)24-3-7-5-27-10(4-26)25-7/h1-2,5,24H,3-4H2. The topological polar surface area (TPSA) is 44.8 Å². The quantitative estimate of drug-likeness (QED) is 0.638. The molecule has 0 aliphatic heterocycles. The lowest BCUT2D eigenvalue weighted by molar-refractivity contribution is -0.147. The molecule has 0 saturated carbocycles. The van der Waals surface area contributed by atoms with Crippen LogP contribution in [0.3, 0.4) is 0 Å². The van der Waals surface area contributed by atoms with Crippen molar-refractivity contribution >= 4 is 17.0 Å². The lowest BCUT2D eigenvalue weighted by Gasteiger charge is -2.22. The van der Waals surface area contributed by atoms with Crippen molar-refractivity contribution in [1.82, 2.24) is 4.98 Å². The third-order valence-electron chi connectivity index (χ3n) is 3.25. The van der Waals surface area contributed by atoms with E-state index in [9.17, 15) is 44.6 Å². The number of hydrogen-bond acceptors (Lipinski definition) is 3. The minimum Gasteiger partial charge on any atom is -0.378 e. The summed E-state index contributed by atoms with van der Waals surface area (Å²) in [6.07, 6.45) is -16.4. The van der Waals surface area contributed by atoms with Crippen molar-refractivity contribution in [3.05, 3.63) is 44.9 Å². The van der Waals surface area contributed by atoms with E-state index in [1.165, 1.54) is 5.38 Å². The van der Waals surface area contributed by atoms with Crippen molar-refractivity contribution in [3.63, 3.8) is 0 Å². The zero-order valence-corrected chi connectivity index (χ0v) is 13.6. The zero-order chi connectivity index (χ0) is 20.6. The Labute approximate surface area is 149 Å². The van der Waals surface area contributed by atoms with Crippen LogP contribution in [0.2, 0.25) is 0 Å². The molecule has 1 radical (unpaired) electrons. The first-order valence-corrected chi connectivity index (χ1v) is 7.76. The summed E-state index contributed by atoms with van der Waals surface area (Å²) in [5.74, 6) is 0. The highest BCUT2D eigenvalue weighted by atomic mass is 32.1. The van der Waals surface area contributed by atoms with E-state index >= 15 is 0 Å². The molecule has 1 heterocycles. The number of aromatic nitrogens is 1. The van der Waals surface area contributed by atoms with E-state index < -0.39 is 54.1 Å². The molecule has 2 aromatic rings. The van der Waals surface area contributed by atoms with Gasteiger partial charge >= 0.3 is 18.5 Å². The van der Waals surface area contributed by atoms with Gasteiger partial charge in [0.25, 0.3) is 0 Å². The molecule has 0 bridgehead atoms. The summed E-state index contributed by atoms with van der Waals surface area (Å²) >= 11 is 0.853. The Balaban J connectivity index is 2.58. The van der Waals surface area contributed by atoms with E-state index in [-0.39, 0.29) is 22.8 Å². The van der Waals surface area contributed by atoms with E-state index in [0.717, 1.165) is 11.3 Å². The maximum Gasteiger partial charge on any atom is 0.418 e. The second-order valence-electron chi connectivity index (χ2n) is 5.17. The van der Waals surface area contributed by atoms with Gasteiger partial charge in [0.15, 0.2) is 0 Å². The van der Waals surface area contributed by atoms with E-state index in [2.05, 4.69) is 4.98 Å². The molecule has 0 aliphatic rings. The first-order chi connectivity index (χ1) is 12.2. The maximum absolute atomic E-state index is 13.1. The molecule has 149 valence electrons. The highest BCUT2D eigenvalue weighted by molar-refractivity contribution is 7.09. The van der Waals surface area contributed by atoms with Crippen molar-refractivity contribution in [2.75, 3.05) is 5.32 Å². The van der Waals surface area contributed by atoms with Gasteiger partial charge < -0.3 is 5.32 Å². The summed E-state index contributed by atoms with van der Waals surface area (Å²) in [4.78, 5) is 3.69. The number of nitrogens with one attached hydrogen (secondary N) is 1. The molecular formula is C14H8F9N2OS. The second kappa shape index (κ2) is 7.19. The summed E-state index contributed by atoms with van der Waals surface area (Å²) in [5, 5.41) is 13.8. The van der Waals surface area contributed by atoms with Gasteiger partial charge in [0.2, 0.25) is 0 Å². The second-order valence-corrected chi connectivity index (χ2v) is 6.11.